The van der Waals surface area contributed by atoms with Crippen LogP contribution in [0.15, 0.2) is 54.7 Å². The Balaban J connectivity index is 2.27. The van der Waals surface area contributed by atoms with Crippen molar-refractivity contribution in [3.63, 3.8) is 0 Å². The lowest BCUT2D eigenvalue weighted by Crippen LogP contribution is -2.06. The van der Waals surface area contributed by atoms with Gasteiger partial charge in [-0.1, -0.05) is 30.3 Å². The highest BCUT2D eigenvalue weighted by atomic mass is 19.4. The zero-order valence-corrected chi connectivity index (χ0v) is 11.4. The van der Waals surface area contributed by atoms with Crippen LogP contribution in [0.3, 0.4) is 0 Å². The fourth-order valence-corrected chi connectivity index (χ4v) is 2.49. The Labute approximate surface area is 124 Å². The molecule has 112 valence electrons. The predicted molar refractivity (Wildman–Crippen MR) is 78.1 cm³/mol. The first kappa shape index (κ1) is 14.5. The summed E-state index contributed by atoms with van der Waals surface area (Å²) >= 11 is 0. The van der Waals surface area contributed by atoms with Crippen LogP contribution in [0, 0.1) is 0 Å². The molecule has 1 aromatic heterocycles. The number of benzene rings is 2. The van der Waals surface area contributed by atoms with Crippen molar-refractivity contribution in [3.8, 4) is 11.1 Å². The van der Waals surface area contributed by atoms with Crippen LogP contribution in [0.1, 0.15) is 11.1 Å². The minimum absolute atomic E-state index is 0.0677. The summed E-state index contributed by atoms with van der Waals surface area (Å²) in [7, 11) is 0. The minimum Gasteiger partial charge on any atom is -0.392 e. The number of halogens is 3. The second-order valence-electron chi connectivity index (χ2n) is 4.92. The van der Waals surface area contributed by atoms with E-state index >= 15 is 0 Å². The molecule has 0 unspecified atom stereocenters. The first-order valence-corrected chi connectivity index (χ1v) is 6.66. The number of aromatic nitrogens is 1. The standard InChI is InChI=1S/C17H12F3NO/c18-17(19,20)15-6-2-5-14-13(7-8-21-16(14)15)12-4-1-3-11(9-12)10-22/h1-9,22H,10H2. The third-order valence-corrected chi connectivity index (χ3v) is 3.50. The van der Waals surface area contributed by atoms with E-state index in [-0.39, 0.29) is 12.1 Å². The summed E-state index contributed by atoms with van der Waals surface area (Å²) in [4.78, 5) is 3.91. The van der Waals surface area contributed by atoms with Crippen molar-refractivity contribution in [2.24, 2.45) is 0 Å². The minimum atomic E-state index is -4.45. The lowest BCUT2D eigenvalue weighted by molar-refractivity contribution is -0.136. The van der Waals surface area contributed by atoms with E-state index in [1.54, 1.807) is 36.4 Å². The molecule has 1 N–H and O–H groups in total. The molecule has 0 aliphatic carbocycles. The van der Waals surface area contributed by atoms with E-state index < -0.39 is 11.7 Å². The lowest BCUT2D eigenvalue weighted by Gasteiger charge is -2.12. The van der Waals surface area contributed by atoms with Crippen LogP contribution in [0.5, 0.6) is 0 Å². The van der Waals surface area contributed by atoms with Crippen LogP contribution in [0.25, 0.3) is 22.0 Å². The highest BCUT2D eigenvalue weighted by Crippen LogP contribution is 2.36. The molecule has 0 aliphatic heterocycles. The van der Waals surface area contributed by atoms with Gasteiger partial charge in [-0.2, -0.15) is 13.2 Å². The maximum atomic E-state index is 13.1. The molecule has 3 rings (SSSR count). The van der Waals surface area contributed by atoms with Crippen molar-refractivity contribution in [1.82, 2.24) is 4.98 Å². The van der Waals surface area contributed by atoms with Crippen LogP contribution in [0.4, 0.5) is 13.2 Å². The smallest absolute Gasteiger partial charge is 0.392 e. The van der Waals surface area contributed by atoms with Crippen LogP contribution in [-0.2, 0) is 12.8 Å². The number of aliphatic hydroxyl groups is 1. The molecule has 0 radical (unpaired) electrons. The van der Waals surface area contributed by atoms with Gasteiger partial charge in [0.05, 0.1) is 17.7 Å². The van der Waals surface area contributed by atoms with Gasteiger partial charge in [-0.25, -0.2) is 0 Å². The van der Waals surface area contributed by atoms with E-state index in [1.807, 2.05) is 0 Å². The molecule has 0 atom stereocenters. The molecule has 2 aromatic carbocycles. The molecule has 2 nitrogen and oxygen atoms in total. The number of para-hydroxylation sites is 1. The molecule has 0 spiro atoms. The average molecular weight is 303 g/mol. The van der Waals surface area contributed by atoms with Crippen LogP contribution >= 0.6 is 0 Å². The summed E-state index contributed by atoms with van der Waals surface area (Å²) < 4.78 is 39.3. The first-order valence-electron chi connectivity index (χ1n) is 6.66. The fraction of sp³-hybridized carbons (Fsp3) is 0.118. The monoisotopic (exact) mass is 303 g/mol. The van der Waals surface area contributed by atoms with E-state index in [2.05, 4.69) is 4.98 Å². The van der Waals surface area contributed by atoms with Gasteiger partial charge in [0.15, 0.2) is 0 Å². The number of hydrogen-bond donors (Lipinski definition) is 1. The highest BCUT2D eigenvalue weighted by molar-refractivity contribution is 5.96. The summed E-state index contributed by atoms with van der Waals surface area (Å²) in [6.07, 6.45) is -3.07. The molecule has 0 amide bonds. The number of alkyl halides is 3. The molecular weight excluding hydrogens is 291 g/mol. The van der Waals surface area contributed by atoms with Crippen molar-refractivity contribution in [2.75, 3.05) is 0 Å². The Morgan fingerprint density at radius 1 is 1.00 bits per heavy atom. The van der Waals surface area contributed by atoms with Gasteiger partial charge in [0.1, 0.15) is 0 Å². The second kappa shape index (κ2) is 5.42. The summed E-state index contributed by atoms with van der Waals surface area (Å²) in [5, 5.41) is 9.65. The molecule has 5 heteroatoms. The fourth-order valence-electron chi connectivity index (χ4n) is 2.49. The number of hydrogen-bond acceptors (Lipinski definition) is 2. The van der Waals surface area contributed by atoms with Gasteiger partial charge in [0.25, 0.3) is 0 Å². The highest BCUT2D eigenvalue weighted by Gasteiger charge is 2.33. The quantitative estimate of drug-likeness (QED) is 0.760. The molecule has 1 heterocycles. The maximum absolute atomic E-state index is 13.1. The topological polar surface area (TPSA) is 33.1 Å². The Bertz CT molecular complexity index is 827. The summed E-state index contributed by atoms with van der Waals surface area (Å²) in [5.41, 5.74) is 1.30. The Morgan fingerprint density at radius 3 is 2.50 bits per heavy atom. The van der Waals surface area contributed by atoms with Gasteiger partial charge < -0.3 is 5.11 Å². The number of pyridine rings is 1. The Hall–Kier alpha value is -2.40. The third-order valence-electron chi connectivity index (χ3n) is 3.50. The molecule has 0 fully saturated rings. The van der Waals surface area contributed by atoms with Crippen molar-refractivity contribution >= 4 is 10.9 Å². The van der Waals surface area contributed by atoms with Crippen molar-refractivity contribution in [1.29, 1.82) is 0 Å². The van der Waals surface area contributed by atoms with E-state index in [0.29, 0.717) is 16.5 Å². The first-order chi connectivity index (χ1) is 10.5. The molecule has 0 saturated carbocycles. The zero-order valence-electron chi connectivity index (χ0n) is 11.4. The van der Waals surface area contributed by atoms with Gasteiger partial charge in [-0.3, -0.25) is 4.98 Å². The van der Waals surface area contributed by atoms with Gasteiger partial charge in [-0.15, -0.1) is 0 Å². The largest absolute Gasteiger partial charge is 0.418 e. The average Bonchev–Trinajstić information content (AvgIpc) is 2.53. The molecular formula is C17H12F3NO. The molecule has 22 heavy (non-hydrogen) atoms. The number of nitrogens with zero attached hydrogens (tertiary/aromatic N) is 1. The summed E-state index contributed by atoms with van der Waals surface area (Å²) in [5.74, 6) is 0. The van der Waals surface area contributed by atoms with E-state index in [1.165, 1.54) is 12.3 Å². The second-order valence-corrected chi connectivity index (χ2v) is 4.92. The SMILES string of the molecule is OCc1cccc(-c2ccnc3c(C(F)(F)F)cccc23)c1. The number of fused-ring (bicyclic) bond motifs is 1. The van der Waals surface area contributed by atoms with Crippen LogP contribution < -0.4 is 0 Å². The van der Waals surface area contributed by atoms with Gasteiger partial charge >= 0.3 is 6.18 Å². The predicted octanol–water partition coefficient (Wildman–Crippen LogP) is 4.41. The van der Waals surface area contributed by atoms with E-state index in [0.717, 1.165) is 11.6 Å². The van der Waals surface area contributed by atoms with Crippen LogP contribution in [-0.4, -0.2) is 10.1 Å². The number of rotatable bonds is 2. The molecule has 0 saturated heterocycles. The summed E-state index contributed by atoms with van der Waals surface area (Å²) in [6.45, 7) is -0.120. The zero-order chi connectivity index (χ0) is 15.7. The third kappa shape index (κ3) is 2.55. The van der Waals surface area contributed by atoms with Gasteiger partial charge in [-0.05, 0) is 34.9 Å². The van der Waals surface area contributed by atoms with Crippen molar-refractivity contribution in [2.45, 2.75) is 12.8 Å². The Morgan fingerprint density at radius 2 is 1.77 bits per heavy atom. The van der Waals surface area contributed by atoms with E-state index in [4.69, 9.17) is 0 Å². The molecule has 3 aromatic rings. The molecule has 0 bridgehead atoms. The molecule has 0 aliphatic rings. The summed E-state index contributed by atoms with van der Waals surface area (Å²) in [6, 6.07) is 12.8. The maximum Gasteiger partial charge on any atom is 0.418 e. The van der Waals surface area contributed by atoms with Crippen LogP contribution in [0.2, 0.25) is 0 Å². The van der Waals surface area contributed by atoms with E-state index in [9.17, 15) is 18.3 Å². The lowest BCUT2D eigenvalue weighted by atomic mass is 9.98. The number of aliphatic hydroxyl groups excluding tert-OH is 1. The van der Waals surface area contributed by atoms with Crippen molar-refractivity contribution in [3.05, 3.63) is 65.9 Å². The Kier molecular flexibility index (Phi) is 3.58. The van der Waals surface area contributed by atoms with Crippen molar-refractivity contribution < 1.29 is 18.3 Å². The van der Waals surface area contributed by atoms with Gasteiger partial charge in [0, 0.05) is 11.6 Å². The van der Waals surface area contributed by atoms with Gasteiger partial charge in [0.2, 0.25) is 0 Å². The normalized spacial score (nSPS) is 11.8.